The summed E-state index contributed by atoms with van der Waals surface area (Å²) in [6.07, 6.45) is -0.887. The second-order valence-corrected chi connectivity index (χ2v) is 4.77. The van der Waals surface area contributed by atoms with Gasteiger partial charge in [-0.1, -0.05) is 0 Å². The minimum Gasteiger partial charge on any atom is -0.481 e. The van der Waals surface area contributed by atoms with E-state index in [1.54, 1.807) is 0 Å². The molecule has 2 rings (SSSR count). The number of carbonyl (C=O) groups is 2. The fraction of sp³-hybridized carbons (Fsp3) is 0.125. The number of ether oxygens (including phenoxy) is 1. The highest BCUT2D eigenvalue weighted by atomic mass is 19.2. The Bertz CT molecular complexity index is 733. The highest BCUT2D eigenvalue weighted by Gasteiger charge is 2.16. The summed E-state index contributed by atoms with van der Waals surface area (Å²) >= 11 is 0. The molecule has 2 amide bonds. The van der Waals surface area contributed by atoms with Gasteiger partial charge < -0.3 is 15.8 Å². The first-order valence-electron chi connectivity index (χ1n) is 6.69. The number of primary amides is 1. The number of anilines is 1. The molecule has 0 fully saturated rings. The largest absolute Gasteiger partial charge is 0.481 e. The fourth-order valence-electron chi connectivity index (χ4n) is 1.77. The molecule has 0 aliphatic heterocycles. The van der Waals surface area contributed by atoms with Crippen molar-refractivity contribution < 1.29 is 23.1 Å². The topological polar surface area (TPSA) is 81.4 Å². The Labute approximate surface area is 131 Å². The summed E-state index contributed by atoms with van der Waals surface area (Å²) < 4.78 is 31.3. The minimum absolute atomic E-state index is 0.119. The molecule has 0 aliphatic rings. The molecule has 0 saturated heterocycles. The lowest BCUT2D eigenvalue weighted by atomic mass is 10.2. The van der Waals surface area contributed by atoms with E-state index in [0.717, 1.165) is 12.1 Å². The Kier molecular flexibility index (Phi) is 4.90. The Morgan fingerprint density at radius 1 is 1.09 bits per heavy atom. The second-order valence-electron chi connectivity index (χ2n) is 4.77. The summed E-state index contributed by atoms with van der Waals surface area (Å²) in [6, 6.07) is 8.98. The van der Waals surface area contributed by atoms with Gasteiger partial charge in [-0.05, 0) is 43.3 Å². The highest BCUT2D eigenvalue weighted by Crippen LogP contribution is 2.16. The molecule has 0 aromatic heterocycles. The molecular weight excluding hydrogens is 306 g/mol. The van der Waals surface area contributed by atoms with Crippen molar-refractivity contribution in [1.29, 1.82) is 0 Å². The van der Waals surface area contributed by atoms with E-state index in [4.69, 9.17) is 10.5 Å². The average Bonchev–Trinajstić information content (AvgIpc) is 2.51. The zero-order valence-electron chi connectivity index (χ0n) is 12.2. The van der Waals surface area contributed by atoms with Gasteiger partial charge in [0.25, 0.3) is 5.91 Å². The van der Waals surface area contributed by atoms with Gasteiger partial charge in [-0.25, -0.2) is 8.78 Å². The van der Waals surface area contributed by atoms with Crippen molar-refractivity contribution in [3.05, 3.63) is 59.7 Å². The molecule has 23 heavy (non-hydrogen) atoms. The van der Waals surface area contributed by atoms with Crippen molar-refractivity contribution in [2.45, 2.75) is 13.0 Å². The lowest BCUT2D eigenvalue weighted by molar-refractivity contribution is -0.122. The maximum atomic E-state index is 13.1. The zero-order valence-corrected chi connectivity index (χ0v) is 12.2. The molecule has 1 atom stereocenters. The number of amides is 2. The first kappa shape index (κ1) is 16.4. The predicted octanol–water partition coefficient (Wildman–Crippen LogP) is 2.47. The van der Waals surface area contributed by atoms with Gasteiger partial charge >= 0.3 is 0 Å². The third-order valence-electron chi connectivity index (χ3n) is 3.01. The van der Waals surface area contributed by atoms with Crippen molar-refractivity contribution in [3.8, 4) is 5.75 Å². The number of benzene rings is 2. The first-order chi connectivity index (χ1) is 10.9. The van der Waals surface area contributed by atoms with Crippen molar-refractivity contribution in [2.75, 3.05) is 5.32 Å². The Morgan fingerprint density at radius 3 is 2.30 bits per heavy atom. The summed E-state index contributed by atoms with van der Waals surface area (Å²) in [5.74, 6) is -2.79. The van der Waals surface area contributed by atoms with Crippen LogP contribution in [0, 0.1) is 11.6 Å². The number of hydrogen-bond acceptors (Lipinski definition) is 3. The summed E-state index contributed by atoms with van der Waals surface area (Å²) in [5, 5.41) is 2.41. The van der Waals surface area contributed by atoms with E-state index < -0.39 is 29.6 Å². The smallest absolute Gasteiger partial charge is 0.265 e. The number of nitrogens with two attached hydrogens (primary N) is 1. The molecule has 0 spiro atoms. The maximum absolute atomic E-state index is 13.1. The van der Waals surface area contributed by atoms with Crippen LogP contribution in [0.5, 0.6) is 5.75 Å². The molecule has 0 heterocycles. The van der Waals surface area contributed by atoms with E-state index in [0.29, 0.717) is 11.3 Å². The van der Waals surface area contributed by atoms with Crippen LogP contribution in [0.2, 0.25) is 0 Å². The van der Waals surface area contributed by atoms with Gasteiger partial charge in [0.1, 0.15) is 5.75 Å². The van der Waals surface area contributed by atoms with Gasteiger partial charge in [0, 0.05) is 17.3 Å². The van der Waals surface area contributed by atoms with Crippen molar-refractivity contribution in [3.63, 3.8) is 0 Å². The van der Waals surface area contributed by atoms with E-state index in [-0.39, 0.29) is 5.69 Å². The van der Waals surface area contributed by atoms with E-state index in [9.17, 15) is 18.4 Å². The number of nitrogens with one attached hydrogen (secondary N) is 1. The number of halogens is 2. The summed E-state index contributed by atoms with van der Waals surface area (Å²) in [5.41, 5.74) is 5.56. The van der Waals surface area contributed by atoms with Gasteiger partial charge in [-0.2, -0.15) is 0 Å². The van der Waals surface area contributed by atoms with Crippen LogP contribution >= 0.6 is 0 Å². The Balaban J connectivity index is 1.99. The van der Waals surface area contributed by atoms with E-state index in [2.05, 4.69) is 5.32 Å². The molecule has 0 saturated carbocycles. The van der Waals surface area contributed by atoms with E-state index in [1.807, 2.05) is 0 Å². The van der Waals surface area contributed by atoms with Crippen molar-refractivity contribution >= 4 is 17.5 Å². The van der Waals surface area contributed by atoms with Gasteiger partial charge in [0.05, 0.1) is 0 Å². The van der Waals surface area contributed by atoms with Crippen LogP contribution in [-0.4, -0.2) is 17.9 Å². The van der Waals surface area contributed by atoms with Crippen LogP contribution in [-0.2, 0) is 4.79 Å². The molecule has 5 nitrogen and oxygen atoms in total. The Hall–Kier alpha value is -2.96. The molecular formula is C16H14F2N2O3. The molecule has 0 aliphatic carbocycles. The van der Waals surface area contributed by atoms with E-state index >= 15 is 0 Å². The summed E-state index contributed by atoms with van der Waals surface area (Å²) in [4.78, 5) is 22.9. The molecule has 120 valence electrons. The number of carbonyl (C=O) groups excluding carboxylic acids is 2. The van der Waals surface area contributed by atoms with Crippen molar-refractivity contribution in [2.24, 2.45) is 5.73 Å². The van der Waals surface area contributed by atoms with Gasteiger partial charge in [0.2, 0.25) is 5.91 Å². The molecule has 1 unspecified atom stereocenters. The van der Waals surface area contributed by atoms with Crippen LogP contribution < -0.4 is 15.8 Å². The zero-order chi connectivity index (χ0) is 17.0. The van der Waals surface area contributed by atoms with Crippen LogP contribution in [0.25, 0.3) is 0 Å². The Morgan fingerprint density at radius 2 is 1.74 bits per heavy atom. The monoisotopic (exact) mass is 320 g/mol. The van der Waals surface area contributed by atoms with Gasteiger partial charge in [-0.3, -0.25) is 9.59 Å². The number of rotatable bonds is 5. The van der Waals surface area contributed by atoms with Crippen LogP contribution in [0.3, 0.4) is 0 Å². The van der Waals surface area contributed by atoms with Crippen LogP contribution in [0.15, 0.2) is 42.5 Å². The van der Waals surface area contributed by atoms with Crippen LogP contribution in [0.4, 0.5) is 14.5 Å². The van der Waals surface area contributed by atoms with Gasteiger partial charge in [-0.15, -0.1) is 0 Å². The normalized spacial score (nSPS) is 11.6. The molecule has 3 N–H and O–H groups in total. The fourth-order valence-corrected chi connectivity index (χ4v) is 1.77. The molecule has 0 radical (unpaired) electrons. The SMILES string of the molecule is CC(Oc1ccc(C(N)=O)cc1)C(=O)Nc1ccc(F)c(F)c1. The number of hydrogen-bond donors (Lipinski definition) is 2. The quantitative estimate of drug-likeness (QED) is 0.888. The molecule has 7 heteroatoms. The first-order valence-corrected chi connectivity index (χ1v) is 6.69. The van der Waals surface area contributed by atoms with Crippen molar-refractivity contribution in [1.82, 2.24) is 0 Å². The third-order valence-corrected chi connectivity index (χ3v) is 3.01. The van der Waals surface area contributed by atoms with E-state index in [1.165, 1.54) is 37.3 Å². The highest BCUT2D eigenvalue weighted by molar-refractivity contribution is 5.94. The summed E-state index contributed by atoms with van der Waals surface area (Å²) in [7, 11) is 0. The predicted molar refractivity (Wildman–Crippen MR) is 80.0 cm³/mol. The maximum Gasteiger partial charge on any atom is 0.265 e. The lowest BCUT2D eigenvalue weighted by Crippen LogP contribution is -2.30. The average molecular weight is 320 g/mol. The lowest BCUT2D eigenvalue weighted by Gasteiger charge is -2.15. The minimum atomic E-state index is -1.06. The van der Waals surface area contributed by atoms with Crippen LogP contribution in [0.1, 0.15) is 17.3 Å². The molecule has 0 bridgehead atoms. The van der Waals surface area contributed by atoms with Gasteiger partial charge in [0.15, 0.2) is 17.7 Å². The summed E-state index contributed by atoms with van der Waals surface area (Å²) in [6.45, 7) is 1.50. The molecule has 2 aromatic carbocycles. The molecule has 2 aromatic rings. The second kappa shape index (κ2) is 6.87. The third kappa shape index (κ3) is 4.26. The standard InChI is InChI=1S/C16H14F2N2O3/c1-9(23-12-5-2-10(3-6-12)15(19)21)16(22)20-11-4-7-13(17)14(18)8-11/h2-9H,1H3,(H2,19,21)(H,20,22).